The predicted molar refractivity (Wildman–Crippen MR) is 115 cm³/mol. The van der Waals surface area contributed by atoms with Crippen LogP contribution >= 0.6 is 0 Å². The highest BCUT2D eigenvalue weighted by molar-refractivity contribution is 7.92. The fourth-order valence-electron chi connectivity index (χ4n) is 3.37. The van der Waals surface area contributed by atoms with Crippen molar-refractivity contribution in [2.45, 2.75) is 31.6 Å². The van der Waals surface area contributed by atoms with Gasteiger partial charge in [0.1, 0.15) is 5.75 Å². The second kappa shape index (κ2) is 8.74. The van der Waals surface area contributed by atoms with Crippen LogP contribution in [-0.2, 0) is 14.8 Å². The molecule has 2 aromatic rings. The van der Waals surface area contributed by atoms with Gasteiger partial charge in [-0.2, -0.15) is 0 Å². The Balaban J connectivity index is 1.93. The maximum Gasteiger partial charge on any atom is 0.261 e. The number of hydrogen-bond acceptors (Lipinski definition) is 5. The minimum absolute atomic E-state index is 0.0276. The fourth-order valence-corrected chi connectivity index (χ4v) is 4.44. The number of hydrogen-bond donors (Lipinski definition) is 2. The van der Waals surface area contributed by atoms with E-state index in [1.165, 1.54) is 25.3 Å². The van der Waals surface area contributed by atoms with Crippen LogP contribution in [0.4, 0.5) is 11.4 Å². The molecule has 0 atom stereocenters. The van der Waals surface area contributed by atoms with Gasteiger partial charge in [-0.25, -0.2) is 8.42 Å². The van der Waals surface area contributed by atoms with E-state index >= 15 is 0 Å². The zero-order valence-electron chi connectivity index (χ0n) is 17.2. The normalized spacial score (nSPS) is 14.0. The smallest absolute Gasteiger partial charge is 0.261 e. The van der Waals surface area contributed by atoms with Crippen molar-refractivity contribution >= 4 is 33.2 Å². The highest BCUT2D eigenvalue weighted by Gasteiger charge is 2.24. The molecule has 1 aliphatic rings. The summed E-state index contributed by atoms with van der Waals surface area (Å²) in [6.07, 6.45) is 1.27. The molecule has 30 heavy (non-hydrogen) atoms. The van der Waals surface area contributed by atoms with Gasteiger partial charge in [-0.1, -0.05) is 6.07 Å². The van der Waals surface area contributed by atoms with E-state index in [9.17, 15) is 18.0 Å². The lowest BCUT2D eigenvalue weighted by Crippen LogP contribution is -2.25. The van der Waals surface area contributed by atoms with Crippen LogP contribution < -0.4 is 19.7 Å². The van der Waals surface area contributed by atoms with E-state index < -0.39 is 15.9 Å². The van der Waals surface area contributed by atoms with Gasteiger partial charge in [0, 0.05) is 25.2 Å². The van der Waals surface area contributed by atoms with Crippen molar-refractivity contribution in [3.63, 3.8) is 0 Å². The minimum Gasteiger partial charge on any atom is -0.496 e. The SMILES string of the molecule is CCNC(=O)c1cc(S(=O)(=O)Nc2ccc(C)c(N3CCCC3=O)c2)ccc1OC. The van der Waals surface area contributed by atoms with Crippen molar-refractivity contribution in [1.82, 2.24) is 5.32 Å². The number of amides is 2. The van der Waals surface area contributed by atoms with E-state index in [1.807, 2.05) is 6.92 Å². The average Bonchev–Trinajstić information content (AvgIpc) is 3.14. The minimum atomic E-state index is -3.96. The van der Waals surface area contributed by atoms with Gasteiger partial charge < -0.3 is 15.0 Å². The number of nitrogens with one attached hydrogen (secondary N) is 2. The molecule has 2 N–H and O–H groups in total. The lowest BCUT2D eigenvalue weighted by atomic mass is 10.1. The zero-order chi connectivity index (χ0) is 21.9. The molecule has 160 valence electrons. The summed E-state index contributed by atoms with van der Waals surface area (Å²) in [6, 6.07) is 9.18. The molecular formula is C21H25N3O5S. The van der Waals surface area contributed by atoms with Gasteiger partial charge in [0.2, 0.25) is 5.91 Å². The lowest BCUT2D eigenvalue weighted by Gasteiger charge is -2.20. The Morgan fingerprint density at radius 3 is 2.60 bits per heavy atom. The summed E-state index contributed by atoms with van der Waals surface area (Å²) in [7, 11) is -2.55. The first-order chi connectivity index (χ1) is 14.3. The third-order valence-corrected chi connectivity index (χ3v) is 6.27. The number of rotatable bonds is 7. The molecule has 1 saturated heterocycles. The molecule has 0 unspecified atom stereocenters. The molecule has 3 rings (SSSR count). The van der Waals surface area contributed by atoms with E-state index in [0.717, 1.165) is 12.0 Å². The highest BCUT2D eigenvalue weighted by atomic mass is 32.2. The molecule has 0 aliphatic carbocycles. The second-order valence-corrected chi connectivity index (χ2v) is 8.66. The molecule has 8 nitrogen and oxygen atoms in total. The molecule has 0 radical (unpaired) electrons. The van der Waals surface area contributed by atoms with E-state index in [-0.39, 0.29) is 22.1 Å². The third-order valence-electron chi connectivity index (χ3n) is 4.89. The lowest BCUT2D eigenvalue weighted by molar-refractivity contribution is -0.117. The van der Waals surface area contributed by atoms with Crippen LogP contribution in [0.3, 0.4) is 0 Å². The Kier molecular flexibility index (Phi) is 6.31. The number of anilines is 2. The molecule has 0 spiro atoms. The summed E-state index contributed by atoms with van der Waals surface area (Å²) in [6.45, 7) is 4.66. The van der Waals surface area contributed by atoms with Crippen LogP contribution in [0.25, 0.3) is 0 Å². The number of sulfonamides is 1. The van der Waals surface area contributed by atoms with Crippen LogP contribution in [0.5, 0.6) is 5.75 Å². The molecule has 2 amide bonds. The molecule has 1 aliphatic heterocycles. The van der Waals surface area contributed by atoms with E-state index in [4.69, 9.17) is 4.74 Å². The van der Waals surface area contributed by atoms with Crippen LogP contribution in [-0.4, -0.2) is 40.4 Å². The van der Waals surface area contributed by atoms with Crippen molar-refractivity contribution in [2.24, 2.45) is 0 Å². The predicted octanol–water partition coefficient (Wildman–Crippen LogP) is 2.68. The number of carbonyl (C=O) groups is 2. The molecule has 0 saturated carbocycles. The van der Waals surface area contributed by atoms with Crippen LogP contribution in [0.15, 0.2) is 41.3 Å². The first-order valence-electron chi connectivity index (χ1n) is 9.67. The zero-order valence-corrected chi connectivity index (χ0v) is 18.0. The van der Waals surface area contributed by atoms with Crippen LogP contribution in [0.2, 0.25) is 0 Å². The summed E-state index contributed by atoms with van der Waals surface area (Å²) in [4.78, 5) is 26.0. The summed E-state index contributed by atoms with van der Waals surface area (Å²) < 4.78 is 33.6. The average molecular weight is 432 g/mol. The molecule has 1 fully saturated rings. The number of nitrogens with zero attached hydrogens (tertiary/aromatic N) is 1. The second-order valence-electron chi connectivity index (χ2n) is 6.98. The van der Waals surface area contributed by atoms with E-state index in [1.54, 1.807) is 30.0 Å². The Morgan fingerprint density at radius 2 is 1.97 bits per heavy atom. The van der Waals surface area contributed by atoms with Crippen molar-refractivity contribution in [3.05, 3.63) is 47.5 Å². The van der Waals surface area contributed by atoms with Crippen molar-refractivity contribution in [3.8, 4) is 5.75 Å². The Bertz CT molecular complexity index is 1080. The van der Waals surface area contributed by atoms with E-state index in [2.05, 4.69) is 10.0 Å². The molecule has 0 aromatic heterocycles. The van der Waals surface area contributed by atoms with Crippen LogP contribution in [0, 0.1) is 6.92 Å². The monoisotopic (exact) mass is 431 g/mol. The summed E-state index contributed by atoms with van der Waals surface area (Å²) in [5.41, 5.74) is 2.05. The molecule has 1 heterocycles. The Hall–Kier alpha value is -3.07. The first kappa shape index (κ1) is 21.6. The Morgan fingerprint density at radius 1 is 1.20 bits per heavy atom. The molecule has 2 aromatic carbocycles. The van der Waals surface area contributed by atoms with Gasteiger partial charge in [0.05, 0.1) is 23.3 Å². The quantitative estimate of drug-likeness (QED) is 0.701. The van der Waals surface area contributed by atoms with Gasteiger partial charge >= 0.3 is 0 Å². The topological polar surface area (TPSA) is 105 Å². The number of carbonyl (C=O) groups excluding carboxylic acids is 2. The summed E-state index contributed by atoms with van der Waals surface area (Å²) in [5.74, 6) is -0.110. The number of benzene rings is 2. The maximum atomic E-state index is 13.0. The Labute approximate surface area is 176 Å². The summed E-state index contributed by atoms with van der Waals surface area (Å²) >= 11 is 0. The van der Waals surface area contributed by atoms with Gasteiger partial charge in [-0.05, 0) is 56.2 Å². The van der Waals surface area contributed by atoms with Crippen LogP contribution in [0.1, 0.15) is 35.7 Å². The van der Waals surface area contributed by atoms with Gasteiger partial charge in [-0.15, -0.1) is 0 Å². The molecule has 9 heteroatoms. The first-order valence-corrected chi connectivity index (χ1v) is 11.1. The molecular weight excluding hydrogens is 406 g/mol. The fraction of sp³-hybridized carbons (Fsp3) is 0.333. The third kappa shape index (κ3) is 4.40. The largest absolute Gasteiger partial charge is 0.496 e. The van der Waals surface area contributed by atoms with Crippen molar-refractivity contribution in [1.29, 1.82) is 0 Å². The van der Waals surface area contributed by atoms with Gasteiger partial charge in [0.25, 0.3) is 15.9 Å². The summed E-state index contributed by atoms with van der Waals surface area (Å²) in [5, 5.41) is 2.64. The number of aryl methyl sites for hydroxylation is 1. The number of methoxy groups -OCH3 is 1. The van der Waals surface area contributed by atoms with E-state index in [0.29, 0.717) is 30.9 Å². The standard InChI is InChI=1S/C21H25N3O5S/c1-4-22-21(26)17-13-16(9-10-19(17)29-3)30(27,28)23-15-8-7-14(2)18(12-15)24-11-5-6-20(24)25/h7-10,12-13,23H,4-6,11H2,1-3H3,(H,22,26). The van der Waals surface area contributed by atoms with Gasteiger partial charge in [0.15, 0.2) is 0 Å². The van der Waals surface area contributed by atoms with Crippen molar-refractivity contribution in [2.75, 3.05) is 29.8 Å². The van der Waals surface area contributed by atoms with Crippen molar-refractivity contribution < 1.29 is 22.7 Å². The molecule has 0 bridgehead atoms. The highest BCUT2D eigenvalue weighted by Crippen LogP contribution is 2.30. The van der Waals surface area contributed by atoms with Gasteiger partial charge in [-0.3, -0.25) is 14.3 Å². The number of ether oxygens (including phenoxy) is 1. The maximum absolute atomic E-state index is 13.0.